The van der Waals surface area contributed by atoms with E-state index in [1.165, 1.54) is 11.1 Å². The maximum Gasteiger partial charge on any atom is 0.227 e. The Morgan fingerprint density at radius 1 is 1.15 bits per heavy atom. The summed E-state index contributed by atoms with van der Waals surface area (Å²) in [4.78, 5) is 27.0. The molecule has 1 aliphatic carbocycles. The molecule has 2 aliphatic rings. The first-order chi connectivity index (χ1) is 12.6. The summed E-state index contributed by atoms with van der Waals surface area (Å²) in [5.74, 6) is -0.257. The quantitative estimate of drug-likeness (QED) is 0.922. The molecular weight excluding hydrogens is 324 g/mol. The summed E-state index contributed by atoms with van der Waals surface area (Å²) in [6.45, 7) is 2.47. The molecule has 0 bridgehead atoms. The molecule has 0 spiro atoms. The van der Waals surface area contributed by atoms with Gasteiger partial charge in [0.2, 0.25) is 11.8 Å². The second-order valence-corrected chi connectivity index (χ2v) is 7.40. The van der Waals surface area contributed by atoms with Gasteiger partial charge in [-0.3, -0.25) is 9.59 Å². The molecule has 4 nitrogen and oxygen atoms in total. The second-order valence-electron chi connectivity index (χ2n) is 7.40. The van der Waals surface area contributed by atoms with Crippen molar-refractivity contribution >= 4 is 17.5 Å². The molecule has 0 radical (unpaired) electrons. The zero-order valence-corrected chi connectivity index (χ0v) is 15.1. The van der Waals surface area contributed by atoms with Crippen molar-refractivity contribution in [2.24, 2.45) is 5.92 Å². The van der Waals surface area contributed by atoms with Crippen LogP contribution in [0.2, 0.25) is 0 Å². The number of carbonyl (C=O) groups excluding carboxylic acids is 2. The number of rotatable bonds is 3. The lowest BCUT2D eigenvalue weighted by Crippen LogP contribution is -2.36. The van der Waals surface area contributed by atoms with E-state index in [-0.39, 0.29) is 30.2 Å². The van der Waals surface area contributed by atoms with E-state index in [9.17, 15) is 9.59 Å². The van der Waals surface area contributed by atoms with Crippen LogP contribution in [0.25, 0.3) is 0 Å². The molecule has 0 aromatic heterocycles. The molecule has 1 aliphatic heterocycles. The summed E-state index contributed by atoms with van der Waals surface area (Å²) >= 11 is 0. The van der Waals surface area contributed by atoms with Crippen LogP contribution in [-0.2, 0) is 16.0 Å². The first-order valence-corrected chi connectivity index (χ1v) is 9.37. The van der Waals surface area contributed by atoms with Gasteiger partial charge in [0.05, 0.1) is 12.0 Å². The van der Waals surface area contributed by atoms with Crippen molar-refractivity contribution in [3.05, 3.63) is 65.2 Å². The minimum absolute atomic E-state index is 0.00444. The van der Waals surface area contributed by atoms with Gasteiger partial charge in [0.15, 0.2) is 0 Å². The largest absolute Gasteiger partial charge is 0.349 e. The maximum absolute atomic E-state index is 12.8. The number of aryl methyl sites for hydroxylation is 2. The van der Waals surface area contributed by atoms with Crippen molar-refractivity contribution in [2.75, 3.05) is 11.4 Å². The minimum atomic E-state index is -0.280. The molecule has 2 aromatic carbocycles. The summed E-state index contributed by atoms with van der Waals surface area (Å²) in [5.41, 5.74) is 4.55. The van der Waals surface area contributed by atoms with E-state index in [0.29, 0.717) is 6.54 Å². The highest BCUT2D eigenvalue weighted by Gasteiger charge is 2.36. The van der Waals surface area contributed by atoms with Crippen LogP contribution in [0.5, 0.6) is 0 Å². The van der Waals surface area contributed by atoms with Crippen LogP contribution in [-0.4, -0.2) is 18.4 Å². The number of fused-ring (bicyclic) bond motifs is 1. The fourth-order valence-electron chi connectivity index (χ4n) is 4.12. The van der Waals surface area contributed by atoms with E-state index in [2.05, 4.69) is 23.5 Å². The molecule has 2 aromatic rings. The Morgan fingerprint density at radius 2 is 2.00 bits per heavy atom. The van der Waals surface area contributed by atoms with Crippen LogP contribution in [0, 0.1) is 12.8 Å². The Labute approximate surface area is 154 Å². The fraction of sp³-hybridized carbons (Fsp3) is 0.364. The second kappa shape index (κ2) is 6.94. The average molecular weight is 348 g/mol. The van der Waals surface area contributed by atoms with Gasteiger partial charge >= 0.3 is 0 Å². The third-order valence-electron chi connectivity index (χ3n) is 5.50. The Morgan fingerprint density at radius 3 is 2.85 bits per heavy atom. The molecule has 26 heavy (non-hydrogen) atoms. The summed E-state index contributed by atoms with van der Waals surface area (Å²) in [5, 5.41) is 3.20. The van der Waals surface area contributed by atoms with Gasteiger partial charge < -0.3 is 10.2 Å². The normalized spacial score (nSPS) is 22.2. The molecule has 1 saturated heterocycles. The minimum Gasteiger partial charge on any atom is -0.349 e. The topological polar surface area (TPSA) is 49.4 Å². The van der Waals surface area contributed by atoms with E-state index in [1.54, 1.807) is 4.90 Å². The van der Waals surface area contributed by atoms with Gasteiger partial charge in [-0.1, -0.05) is 36.4 Å². The molecule has 4 rings (SSSR count). The number of anilines is 1. The van der Waals surface area contributed by atoms with Crippen molar-refractivity contribution in [1.82, 2.24) is 5.32 Å². The number of hydrogen-bond acceptors (Lipinski definition) is 2. The third kappa shape index (κ3) is 3.24. The van der Waals surface area contributed by atoms with Gasteiger partial charge in [-0.25, -0.2) is 0 Å². The van der Waals surface area contributed by atoms with Gasteiger partial charge in [-0.15, -0.1) is 0 Å². The lowest BCUT2D eigenvalue weighted by atomic mass is 9.87. The number of hydrogen-bond donors (Lipinski definition) is 1. The Bertz CT molecular complexity index is 846. The highest BCUT2D eigenvalue weighted by Crippen LogP contribution is 2.31. The summed E-state index contributed by atoms with van der Waals surface area (Å²) in [6.07, 6.45) is 3.41. The highest BCUT2D eigenvalue weighted by atomic mass is 16.2. The first kappa shape index (κ1) is 16.8. The highest BCUT2D eigenvalue weighted by molar-refractivity contribution is 6.00. The van der Waals surface area contributed by atoms with Gasteiger partial charge in [0.1, 0.15) is 0 Å². The van der Waals surface area contributed by atoms with Gasteiger partial charge in [0.25, 0.3) is 0 Å². The fourth-order valence-corrected chi connectivity index (χ4v) is 4.12. The van der Waals surface area contributed by atoms with E-state index in [0.717, 1.165) is 30.5 Å². The SMILES string of the molecule is Cc1cccc(N2CC(C(=O)NC3CCCc4ccccc43)CC2=O)c1. The smallest absolute Gasteiger partial charge is 0.227 e. The van der Waals surface area contributed by atoms with Crippen LogP contribution in [0.3, 0.4) is 0 Å². The zero-order chi connectivity index (χ0) is 18.1. The number of nitrogens with one attached hydrogen (secondary N) is 1. The van der Waals surface area contributed by atoms with Crippen molar-refractivity contribution in [3.63, 3.8) is 0 Å². The van der Waals surface area contributed by atoms with Crippen LogP contribution in [0.4, 0.5) is 5.69 Å². The standard InChI is InChI=1S/C22H24N2O2/c1-15-6-4-9-18(12-15)24-14-17(13-21(24)25)22(26)23-20-11-5-8-16-7-2-3-10-19(16)20/h2-4,6-7,9-10,12,17,20H,5,8,11,13-14H2,1H3,(H,23,26). The van der Waals surface area contributed by atoms with Crippen LogP contribution in [0.15, 0.2) is 48.5 Å². The van der Waals surface area contributed by atoms with Crippen LogP contribution in [0.1, 0.15) is 42.0 Å². The Kier molecular flexibility index (Phi) is 4.49. The number of amides is 2. The molecular formula is C22H24N2O2. The maximum atomic E-state index is 12.8. The van der Waals surface area contributed by atoms with Crippen molar-refractivity contribution < 1.29 is 9.59 Å². The van der Waals surface area contributed by atoms with Crippen molar-refractivity contribution in [2.45, 2.75) is 38.6 Å². The summed E-state index contributed by atoms with van der Waals surface area (Å²) in [6, 6.07) is 16.3. The van der Waals surface area contributed by atoms with Crippen LogP contribution < -0.4 is 10.2 Å². The van der Waals surface area contributed by atoms with Gasteiger partial charge in [-0.05, 0) is 55.0 Å². The third-order valence-corrected chi connectivity index (χ3v) is 5.50. The molecule has 2 amide bonds. The monoisotopic (exact) mass is 348 g/mol. The molecule has 4 heteroatoms. The Balaban J connectivity index is 1.46. The number of carbonyl (C=O) groups is 2. The summed E-state index contributed by atoms with van der Waals surface area (Å²) < 4.78 is 0. The summed E-state index contributed by atoms with van der Waals surface area (Å²) in [7, 11) is 0. The van der Waals surface area contributed by atoms with E-state index >= 15 is 0 Å². The van der Waals surface area contributed by atoms with Gasteiger partial charge in [0, 0.05) is 18.7 Å². The number of benzene rings is 2. The molecule has 0 saturated carbocycles. The first-order valence-electron chi connectivity index (χ1n) is 9.37. The zero-order valence-electron chi connectivity index (χ0n) is 15.1. The average Bonchev–Trinajstić information content (AvgIpc) is 3.04. The lowest BCUT2D eigenvalue weighted by Gasteiger charge is -2.27. The van der Waals surface area contributed by atoms with Gasteiger partial charge in [-0.2, -0.15) is 0 Å². The molecule has 1 heterocycles. The molecule has 1 N–H and O–H groups in total. The van der Waals surface area contributed by atoms with Crippen LogP contribution >= 0.6 is 0 Å². The van der Waals surface area contributed by atoms with E-state index in [1.807, 2.05) is 37.3 Å². The van der Waals surface area contributed by atoms with E-state index in [4.69, 9.17) is 0 Å². The Hall–Kier alpha value is -2.62. The van der Waals surface area contributed by atoms with E-state index < -0.39 is 0 Å². The lowest BCUT2D eigenvalue weighted by molar-refractivity contribution is -0.127. The predicted octanol–water partition coefficient (Wildman–Crippen LogP) is 3.54. The van der Waals surface area contributed by atoms with Crippen molar-refractivity contribution in [1.29, 1.82) is 0 Å². The van der Waals surface area contributed by atoms with Crippen molar-refractivity contribution in [3.8, 4) is 0 Å². The molecule has 2 atom stereocenters. The predicted molar refractivity (Wildman–Crippen MR) is 102 cm³/mol. The number of nitrogens with zero attached hydrogens (tertiary/aromatic N) is 1. The molecule has 2 unspecified atom stereocenters. The molecule has 1 fully saturated rings. The molecule has 134 valence electrons.